The van der Waals surface area contributed by atoms with E-state index in [2.05, 4.69) is 200 Å². The van der Waals surface area contributed by atoms with Gasteiger partial charge in [-0.05, 0) is 136 Å². The highest BCUT2D eigenvalue weighted by Gasteiger charge is 2.17. The van der Waals surface area contributed by atoms with Gasteiger partial charge in [0.2, 0.25) is 0 Å². The summed E-state index contributed by atoms with van der Waals surface area (Å²) in [7, 11) is 0. The molecule has 0 aliphatic rings. The molecule has 0 spiro atoms. The average molecular weight is 971 g/mol. The van der Waals surface area contributed by atoms with E-state index in [1.807, 2.05) is 54.7 Å². The van der Waals surface area contributed by atoms with Crippen LogP contribution in [0.25, 0.3) is 155 Å². The number of benzene rings is 10. The maximum Gasteiger partial charge on any atom is 0.160 e. The number of fused-ring (bicyclic) bond motifs is 9. The summed E-state index contributed by atoms with van der Waals surface area (Å²) >= 11 is 0. The van der Waals surface area contributed by atoms with Crippen molar-refractivity contribution >= 4 is 65.7 Å². The molecule has 15 aromatic rings. The quantitative estimate of drug-likeness (QED) is 0.141. The number of pyridine rings is 2. The van der Waals surface area contributed by atoms with Gasteiger partial charge in [-0.1, -0.05) is 158 Å². The van der Waals surface area contributed by atoms with Crippen molar-refractivity contribution in [1.29, 1.82) is 0 Å². The molecule has 0 unspecified atom stereocenters. The first-order valence-electron chi connectivity index (χ1n) is 25.5. The number of hydrogen-bond donors (Lipinski definition) is 0. The van der Waals surface area contributed by atoms with E-state index in [1.165, 1.54) is 0 Å². The van der Waals surface area contributed by atoms with Gasteiger partial charge in [0.1, 0.15) is 22.3 Å². The van der Waals surface area contributed by atoms with Crippen molar-refractivity contribution in [2.75, 3.05) is 0 Å². The van der Waals surface area contributed by atoms with Crippen molar-refractivity contribution in [3.63, 3.8) is 0 Å². The molecule has 0 atom stereocenters. The molecule has 0 radical (unpaired) electrons. The zero-order valence-corrected chi connectivity index (χ0v) is 40.9. The number of nitrogens with zero attached hydrogens (tertiary/aromatic N) is 4. The van der Waals surface area contributed by atoms with Gasteiger partial charge in [-0.15, -0.1) is 0 Å². The molecule has 0 aliphatic carbocycles. The molecule has 15 rings (SSSR count). The lowest BCUT2D eigenvalue weighted by atomic mass is 9.91. The van der Waals surface area contributed by atoms with Gasteiger partial charge in [0, 0.05) is 60.8 Å². The van der Waals surface area contributed by atoms with Crippen LogP contribution in [0.5, 0.6) is 0 Å². The third-order valence-electron chi connectivity index (χ3n) is 14.7. The summed E-state index contributed by atoms with van der Waals surface area (Å²) < 4.78 is 12.4. The highest BCUT2D eigenvalue weighted by atomic mass is 16.3. The molecule has 6 nitrogen and oxygen atoms in total. The molecule has 0 aliphatic heterocycles. The Morgan fingerprint density at radius 3 is 1.32 bits per heavy atom. The van der Waals surface area contributed by atoms with Crippen LogP contribution in [0.1, 0.15) is 0 Å². The van der Waals surface area contributed by atoms with E-state index < -0.39 is 0 Å². The molecular weight excluding hydrogens is 929 g/mol. The van der Waals surface area contributed by atoms with E-state index in [0.29, 0.717) is 5.82 Å². The summed E-state index contributed by atoms with van der Waals surface area (Å²) in [6.45, 7) is 0. The number of hydrogen-bond acceptors (Lipinski definition) is 6. The van der Waals surface area contributed by atoms with Crippen LogP contribution in [0, 0.1) is 0 Å². The average Bonchev–Trinajstić information content (AvgIpc) is 4.07. The molecule has 354 valence electrons. The molecule has 5 heterocycles. The zero-order chi connectivity index (χ0) is 50.1. The summed E-state index contributed by atoms with van der Waals surface area (Å²) in [6, 6.07) is 87.3. The predicted octanol–water partition coefficient (Wildman–Crippen LogP) is 18.7. The van der Waals surface area contributed by atoms with E-state index >= 15 is 0 Å². The summed E-state index contributed by atoms with van der Waals surface area (Å²) in [4.78, 5) is 20.6. The van der Waals surface area contributed by atoms with Crippen LogP contribution in [-0.2, 0) is 0 Å². The predicted molar refractivity (Wildman–Crippen MR) is 311 cm³/mol. The fourth-order valence-electron chi connectivity index (χ4n) is 10.9. The standard InChI is InChI=1S/C70H42N4O2/c1-2-12-45(13-3-1)70-73-62(53-19-10-18-52(36-53)61-30-27-44-26-25-43-20-11-33-71-68(43)69(44)72-61)42-63(74-70)56-38-54(48-16-8-14-46(34-48)50-28-31-66-59(40-50)57-21-4-6-23-64(57)75-66)37-55(39-56)49-17-9-15-47(35-49)51-29-32-67-60(41-51)58-22-5-7-24-65(58)76-67/h1-42H. The van der Waals surface area contributed by atoms with Crippen LogP contribution in [0.3, 0.4) is 0 Å². The van der Waals surface area contributed by atoms with Crippen LogP contribution in [0.4, 0.5) is 0 Å². The Hall–Kier alpha value is -10.3. The fraction of sp³-hybridized carbons (Fsp3) is 0. The highest BCUT2D eigenvalue weighted by Crippen LogP contribution is 2.40. The number of aromatic nitrogens is 4. The second kappa shape index (κ2) is 17.7. The first-order chi connectivity index (χ1) is 37.6. The normalized spacial score (nSPS) is 11.7. The Labute approximate surface area is 436 Å². The fourth-order valence-corrected chi connectivity index (χ4v) is 10.9. The summed E-state index contributed by atoms with van der Waals surface area (Å²) in [5.74, 6) is 0.639. The molecule has 6 heteroatoms. The third kappa shape index (κ3) is 7.67. The molecule has 0 bridgehead atoms. The third-order valence-corrected chi connectivity index (χ3v) is 14.7. The second-order valence-corrected chi connectivity index (χ2v) is 19.4. The minimum Gasteiger partial charge on any atom is -0.456 e. The van der Waals surface area contributed by atoms with Crippen molar-refractivity contribution in [1.82, 2.24) is 19.9 Å². The van der Waals surface area contributed by atoms with Crippen LogP contribution < -0.4 is 0 Å². The smallest absolute Gasteiger partial charge is 0.160 e. The van der Waals surface area contributed by atoms with E-state index in [4.69, 9.17) is 28.8 Å². The minimum atomic E-state index is 0.639. The van der Waals surface area contributed by atoms with Crippen molar-refractivity contribution < 1.29 is 8.83 Å². The molecule has 5 aromatic heterocycles. The Balaban J connectivity index is 0.889. The van der Waals surface area contributed by atoms with Crippen LogP contribution in [0.15, 0.2) is 264 Å². The molecule has 0 N–H and O–H groups in total. The largest absolute Gasteiger partial charge is 0.456 e. The van der Waals surface area contributed by atoms with Gasteiger partial charge in [0.25, 0.3) is 0 Å². The Bertz CT molecular complexity index is 4610. The summed E-state index contributed by atoms with van der Waals surface area (Å²) in [5, 5.41) is 6.52. The van der Waals surface area contributed by atoms with Crippen LogP contribution in [-0.4, -0.2) is 19.9 Å². The topological polar surface area (TPSA) is 77.8 Å². The molecular formula is C70H42N4O2. The lowest BCUT2D eigenvalue weighted by Crippen LogP contribution is -1.97. The monoisotopic (exact) mass is 970 g/mol. The Morgan fingerprint density at radius 1 is 0.237 bits per heavy atom. The van der Waals surface area contributed by atoms with Gasteiger partial charge in [0.05, 0.1) is 28.1 Å². The molecule has 10 aromatic carbocycles. The second-order valence-electron chi connectivity index (χ2n) is 19.4. The molecule has 0 amide bonds. The first kappa shape index (κ1) is 43.3. The van der Waals surface area contributed by atoms with Gasteiger partial charge in [-0.3, -0.25) is 4.98 Å². The molecule has 0 saturated carbocycles. The van der Waals surface area contributed by atoms with Gasteiger partial charge >= 0.3 is 0 Å². The van der Waals surface area contributed by atoms with E-state index in [1.54, 1.807) is 0 Å². The van der Waals surface area contributed by atoms with E-state index in [0.717, 1.165) is 150 Å². The van der Waals surface area contributed by atoms with E-state index in [9.17, 15) is 0 Å². The van der Waals surface area contributed by atoms with Crippen molar-refractivity contribution in [2.24, 2.45) is 0 Å². The Kier molecular flexibility index (Phi) is 10.1. The van der Waals surface area contributed by atoms with E-state index in [-0.39, 0.29) is 0 Å². The van der Waals surface area contributed by atoms with Gasteiger partial charge < -0.3 is 8.83 Å². The lowest BCUT2D eigenvalue weighted by molar-refractivity contribution is 0.668. The SMILES string of the molecule is c1ccc(-c2nc(-c3cc(-c4cccc(-c5ccc6oc7ccccc7c6c5)c4)cc(-c4cccc(-c5ccc6oc7ccccc7c6c5)c4)c3)cc(-c3cccc(-c4ccc5ccc6cccnc6c5n4)c3)n2)cc1. The maximum atomic E-state index is 6.22. The summed E-state index contributed by atoms with van der Waals surface area (Å²) in [5.41, 5.74) is 20.4. The number of furan rings is 2. The lowest BCUT2D eigenvalue weighted by Gasteiger charge is -2.15. The summed E-state index contributed by atoms with van der Waals surface area (Å²) in [6.07, 6.45) is 1.83. The molecule has 76 heavy (non-hydrogen) atoms. The number of para-hydroxylation sites is 2. The Morgan fingerprint density at radius 2 is 0.684 bits per heavy atom. The molecule has 0 fully saturated rings. The van der Waals surface area contributed by atoms with Crippen molar-refractivity contribution in [3.05, 3.63) is 255 Å². The molecule has 0 saturated heterocycles. The minimum absolute atomic E-state index is 0.639. The first-order valence-corrected chi connectivity index (χ1v) is 25.5. The maximum absolute atomic E-state index is 6.22. The van der Waals surface area contributed by atoms with Crippen molar-refractivity contribution in [2.45, 2.75) is 0 Å². The number of rotatable bonds is 8. The van der Waals surface area contributed by atoms with Crippen LogP contribution in [0.2, 0.25) is 0 Å². The van der Waals surface area contributed by atoms with Gasteiger partial charge in [-0.25, -0.2) is 15.0 Å². The van der Waals surface area contributed by atoms with Gasteiger partial charge in [-0.2, -0.15) is 0 Å². The van der Waals surface area contributed by atoms with Crippen molar-refractivity contribution in [3.8, 4) is 89.7 Å². The highest BCUT2D eigenvalue weighted by molar-refractivity contribution is 6.08. The van der Waals surface area contributed by atoms with Crippen LogP contribution >= 0.6 is 0 Å². The zero-order valence-electron chi connectivity index (χ0n) is 40.9. The van der Waals surface area contributed by atoms with Gasteiger partial charge in [0.15, 0.2) is 5.82 Å².